The van der Waals surface area contributed by atoms with Crippen molar-refractivity contribution in [1.29, 1.82) is 0 Å². The van der Waals surface area contributed by atoms with Crippen LogP contribution in [0.5, 0.6) is 5.75 Å². The lowest BCUT2D eigenvalue weighted by molar-refractivity contribution is 0.222. The Kier molecular flexibility index (Phi) is 7.58. The van der Waals surface area contributed by atoms with Gasteiger partial charge in [0.25, 0.3) is 0 Å². The number of halogens is 3. The average molecular weight is 511 g/mol. The van der Waals surface area contributed by atoms with Gasteiger partial charge in [-0.3, -0.25) is 5.32 Å². The molecule has 1 aliphatic heterocycles. The van der Waals surface area contributed by atoms with Crippen molar-refractivity contribution in [2.24, 2.45) is 0 Å². The second-order valence-electron chi connectivity index (χ2n) is 8.11. The smallest absolute Gasteiger partial charge is 0.321 e. The van der Waals surface area contributed by atoms with Gasteiger partial charge in [0.2, 0.25) is 0 Å². The number of ether oxygens (including phenoxy) is 1. The molecule has 10 heteroatoms. The van der Waals surface area contributed by atoms with Crippen molar-refractivity contribution in [2.45, 2.75) is 38.3 Å². The Morgan fingerprint density at radius 1 is 1.36 bits per heavy atom. The molecular weight excluding hydrogens is 486 g/mol. The summed E-state index contributed by atoms with van der Waals surface area (Å²) >= 11 is 13.5. The highest BCUT2D eigenvalue weighted by atomic mass is 35.5. The topological polar surface area (TPSA) is 66.5 Å². The third-order valence-corrected chi connectivity index (χ3v) is 7.57. The molecule has 1 fully saturated rings. The molecular formula is C23H25Cl2FN4O2S. The molecule has 2 atom stereocenters. The summed E-state index contributed by atoms with van der Waals surface area (Å²) in [5, 5.41) is 6.60. The molecule has 3 aromatic rings. The molecule has 33 heavy (non-hydrogen) atoms. The Labute approximate surface area is 206 Å². The fourth-order valence-corrected chi connectivity index (χ4v) is 5.41. The van der Waals surface area contributed by atoms with E-state index in [1.54, 1.807) is 25.1 Å². The summed E-state index contributed by atoms with van der Waals surface area (Å²) in [7, 11) is 2.12. The van der Waals surface area contributed by atoms with E-state index >= 15 is 0 Å². The van der Waals surface area contributed by atoms with Crippen LogP contribution in [0, 0.1) is 5.82 Å². The van der Waals surface area contributed by atoms with Crippen molar-refractivity contribution < 1.29 is 13.9 Å². The van der Waals surface area contributed by atoms with E-state index < -0.39 is 11.9 Å². The van der Waals surface area contributed by atoms with Crippen LogP contribution < -0.4 is 15.4 Å². The maximum atomic E-state index is 14.3. The number of fused-ring (bicyclic) bond motifs is 1. The van der Waals surface area contributed by atoms with Crippen LogP contribution in [0.2, 0.25) is 10.0 Å². The maximum Gasteiger partial charge on any atom is 0.321 e. The average Bonchev–Trinajstić information content (AvgIpc) is 3.36. The van der Waals surface area contributed by atoms with Crippen LogP contribution in [0.4, 0.5) is 14.3 Å². The lowest BCUT2D eigenvalue weighted by atomic mass is 10.1. The van der Waals surface area contributed by atoms with Crippen LogP contribution in [0.25, 0.3) is 10.2 Å². The number of thiazole rings is 1. The largest absolute Gasteiger partial charge is 0.486 e. The number of nitrogens with one attached hydrogen (secondary N) is 2. The Bertz CT molecular complexity index is 1160. The first-order valence-electron chi connectivity index (χ1n) is 10.8. The molecule has 4 rings (SSSR count). The SMILES string of the molecule is CC(Oc1ccc2nc(NC(=O)NCCC3CCCN3C)sc2c1)c1c(F)ccc(Cl)c1Cl. The summed E-state index contributed by atoms with van der Waals surface area (Å²) in [5.74, 6) is 0.0543. The predicted octanol–water partition coefficient (Wildman–Crippen LogP) is 6.49. The Morgan fingerprint density at radius 2 is 2.18 bits per heavy atom. The number of nitrogens with zero attached hydrogens (tertiary/aromatic N) is 2. The van der Waals surface area contributed by atoms with Crippen molar-refractivity contribution in [3.05, 3.63) is 51.8 Å². The summed E-state index contributed by atoms with van der Waals surface area (Å²) in [6, 6.07) is 8.29. The minimum absolute atomic E-state index is 0.139. The second-order valence-corrected chi connectivity index (χ2v) is 9.93. The van der Waals surface area contributed by atoms with Crippen molar-refractivity contribution in [3.8, 4) is 5.75 Å². The lowest BCUT2D eigenvalue weighted by Crippen LogP contribution is -2.34. The van der Waals surface area contributed by atoms with Gasteiger partial charge in [-0.2, -0.15) is 0 Å². The molecule has 0 spiro atoms. The first kappa shape index (κ1) is 24.0. The number of benzene rings is 2. The zero-order chi connectivity index (χ0) is 23.5. The van der Waals surface area contributed by atoms with E-state index in [9.17, 15) is 9.18 Å². The van der Waals surface area contributed by atoms with Crippen LogP contribution >= 0.6 is 34.5 Å². The first-order valence-corrected chi connectivity index (χ1v) is 12.3. The highest BCUT2D eigenvalue weighted by Gasteiger charge is 2.21. The monoisotopic (exact) mass is 510 g/mol. The molecule has 1 aliphatic rings. The van der Waals surface area contributed by atoms with Gasteiger partial charge >= 0.3 is 6.03 Å². The van der Waals surface area contributed by atoms with Gasteiger partial charge in [0.15, 0.2) is 5.13 Å². The standard InChI is InChI=1S/C23H25Cl2FN4O2S/c1-13(20-17(26)7-6-16(24)21(20)25)32-15-5-8-18-19(12-15)33-23(28-18)29-22(31)27-10-9-14-4-3-11-30(14)2/h5-8,12-14H,3-4,9-11H2,1-2H3,(H2,27,28,29,31). The lowest BCUT2D eigenvalue weighted by Gasteiger charge is -2.19. The zero-order valence-electron chi connectivity index (χ0n) is 18.3. The molecule has 1 saturated heterocycles. The van der Waals surface area contributed by atoms with Crippen LogP contribution in [-0.2, 0) is 0 Å². The molecule has 0 saturated carbocycles. The molecule has 0 aliphatic carbocycles. The van der Waals surface area contributed by atoms with Crippen LogP contribution in [0.1, 0.15) is 37.9 Å². The molecule has 1 aromatic heterocycles. The van der Waals surface area contributed by atoms with Crippen molar-refractivity contribution in [3.63, 3.8) is 0 Å². The molecule has 2 N–H and O–H groups in total. The van der Waals surface area contributed by atoms with Gasteiger partial charge in [-0.25, -0.2) is 14.2 Å². The third-order valence-electron chi connectivity index (χ3n) is 5.81. The fourth-order valence-electron chi connectivity index (χ4n) is 4.05. The summed E-state index contributed by atoms with van der Waals surface area (Å²) in [5.41, 5.74) is 0.936. The quantitative estimate of drug-likeness (QED) is 0.356. The highest BCUT2D eigenvalue weighted by Crippen LogP contribution is 2.36. The summed E-state index contributed by atoms with van der Waals surface area (Å²) < 4.78 is 21.0. The Morgan fingerprint density at radius 3 is 2.94 bits per heavy atom. The second kappa shape index (κ2) is 10.4. The predicted molar refractivity (Wildman–Crippen MR) is 132 cm³/mol. The molecule has 0 radical (unpaired) electrons. The first-order chi connectivity index (χ1) is 15.8. The molecule has 2 heterocycles. The number of hydrogen-bond donors (Lipinski definition) is 2. The van der Waals surface area contributed by atoms with Crippen molar-refractivity contribution >= 4 is 55.9 Å². The number of rotatable bonds is 7. The van der Waals surface area contributed by atoms with Crippen LogP contribution in [0.3, 0.4) is 0 Å². The molecule has 176 valence electrons. The van der Waals surface area contributed by atoms with Gasteiger partial charge < -0.3 is 15.0 Å². The maximum absolute atomic E-state index is 14.3. The summed E-state index contributed by atoms with van der Waals surface area (Å²) in [6.07, 6.45) is 2.67. The Balaban J connectivity index is 1.37. The number of likely N-dealkylation sites (tertiary alicyclic amines) is 1. The van der Waals surface area contributed by atoms with E-state index in [1.807, 2.05) is 0 Å². The number of aromatic nitrogens is 1. The number of urea groups is 1. The van der Waals surface area contributed by atoms with E-state index in [0.29, 0.717) is 23.5 Å². The van der Waals surface area contributed by atoms with E-state index in [1.165, 1.54) is 36.3 Å². The zero-order valence-corrected chi connectivity index (χ0v) is 20.7. The van der Waals surface area contributed by atoms with Crippen LogP contribution in [-0.4, -0.2) is 42.1 Å². The number of anilines is 1. The van der Waals surface area contributed by atoms with Gasteiger partial charge in [0.1, 0.15) is 17.7 Å². The fraction of sp³-hybridized carbons (Fsp3) is 0.391. The van der Waals surface area contributed by atoms with Gasteiger partial charge in [-0.05, 0) is 70.1 Å². The van der Waals surface area contributed by atoms with E-state index in [2.05, 4.69) is 27.6 Å². The van der Waals surface area contributed by atoms with Gasteiger partial charge in [0, 0.05) is 18.2 Å². The Hall–Kier alpha value is -2.13. The van der Waals surface area contributed by atoms with Crippen molar-refractivity contribution in [2.75, 3.05) is 25.5 Å². The molecule has 6 nitrogen and oxygen atoms in total. The van der Waals surface area contributed by atoms with Gasteiger partial charge in [0.05, 0.1) is 20.3 Å². The number of hydrogen-bond acceptors (Lipinski definition) is 5. The molecule has 2 aromatic carbocycles. The molecule has 0 bridgehead atoms. The molecule has 2 amide bonds. The minimum atomic E-state index is -0.649. The van der Waals surface area contributed by atoms with Gasteiger partial charge in [-0.1, -0.05) is 34.5 Å². The summed E-state index contributed by atoms with van der Waals surface area (Å²) in [4.78, 5) is 19.0. The third kappa shape index (κ3) is 5.69. The van der Waals surface area contributed by atoms with Crippen LogP contribution in [0.15, 0.2) is 30.3 Å². The highest BCUT2D eigenvalue weighted by molar-refractivity contribution is 7.22. The van der Waals surface area contributed by atoms with E-state index in [-0.39, 0.29) is 21.6 Å². The number of amides is 2. The van der Waals surface area contributed by atoms with Gasteiger partial charge in [-0.15, -0.1) is 0 Å². The molecule has 2 unspecified atom stereocenters. The minimum Gasteiger partial charge on any atom is -0.486 e. The van der Waals surface area contributed by atoms with E-state index in [0.717, 1.165) is 23.2 Å². The normalized spacial score (nSPS) is 17.3. The van der Waals surface area contributed by atoms with Crippen molar-refractivity contribution in [1.82, 2.24) is 15.2 Å². The van der Waals surface area contributed by atoms with E-state index in [4.69, 9.17) is 27.9 Å². The number of carbonyl (C=O) groups is 1. The summed E-state index contributed by atoms with van der Waals surface area (Å²) in [6.45, 7) is 3.44. The number of carbonyl (C=O) groups excluding carboxylic acids is 1.